The molecule has 0 bridgehead atoms. The van der Waals surface area contributed by atoms with E-state index in [4.69, 9.17) is 9.84 Å². The van der Waals surface area contributed by atoms with Gasteiger partial charge in [-0.05, 0) is 46.5 Å². The molecule has 1 rings (SSSR count). The Morgan fingerprint density at radius 1 is 1.39 bits per heavy atom. The van der Waals surface area contributed by atoms with Crippen LogP contribution in [0, 0.1) is 0 Å². The summed E-state index contributed by atoms with van der Waals surface area (Å²) in [6, 6.07) is 6.26. The lowest BCUT2D eigenvalue weighted by Crippen LogP contribution is -2.31. The number of nitrogens with one attached hydrogen (secondary N) is 1. The van der Waals surface area contributed by atoms with E-state index in [1.54, 1.807) is 0 Å². The van der Waals surface area contributed by atoms with Gasteiger partial charge in [-0.1, -0.05) is 19.9 Å². The second-order valence-electron chi connectivity index (χ2n) is 4.28. The standard InChI is InChI=1S/C14H22BrNO2/c1-3-7-18-14-6-5-11(8-13(14)15)9-16-12(4-2)10-17/h5-6,8,12,16-17H,3-4,7,9-10H2,1-2H3/t12-/m1/s1. The Labute approximate surface area is 118 Å². The molecule has 0 saturated heterocycles. The molecular weight excluding hydrogens is 294 g/mol. The first kappa shape index (κ1) is 15.5. The first-order chi connectivity index (χ1) is 8.71. The van der Waals surface area contributed by atoms with Crippen LogP contribution in [0.1, 0.15) is 32.3 Å². The maximum Gasteiger partial charge on any atom is 0.133 e. The first-order valence-electron chi connectivity index (χ1n) is 6.46. The second kappa shape index (κ2) is 8.51. The Morgan fingerprint density at radius 3 is 2.72 bits per heavy atom. The molecule has 0 aliphatic heterocycles. The van der Waals surface area contributed by atoms with Crippen LogP contribution < -0.4 is 10.1 Å². The van der Waals surface area contributed by atoms with E-state index in [1.807, 2.05) is 12.1 Å². The summed E-state index contributed by atoms with van der Waals surface area (Å²) in [5, 5.41) is 12.4. The van der Waals surface area contributed by atoms with E-state index in [1.165, 1.54) is 5.56 Å². The van der Waals surface area contributed by atoms with Crippen molar-refractivity contribution < 1.29 is 9.84 Å². The van der Waals surface area contributed by atoms with Crippen molar-refractivity contribution in [1.29, 1.82) is 0 Å². The van der Waals surface area contributed by atoms with E-state index < -0.39 is 0 Å². The van der Waals surface area contributed by atoms with Gasteiger partial charge < -0.3 is 15.2 Å². The number of halogens is 1. The molecule has 0 amide bonds. The average molecular weight is 316 g/mol. The van der Waals surface area contributed by atoms with Gasteiger partial charge in [-0.25, -0.2) is 0 Å². The van der Waals surface area contributed by atoms with Crippen molar-refractivity contribution in [2.75, 3.05) is 13.2 Å². The van der Waals surface area contributed by atoms with E-state index in [9.17, 15) is 0 Å². The van der Waals surface area contributed by atoms with Gasteiger partial charge in [0.2, 0.25) is 0 Å². The maximum absolute atomic E-state index is 9.11. The number of ether oxygens (including phenoxy) is 1. The molecule has 0 fully saturated rings. The number of hydrogen-bond donors (Lipinski definition) is 2. The highest BCUT2D eigenvalue weighted by molar-refractivity contribution is 9.10. The molecule has 0 spiro atoms. The lowest BCUT2D eigenvalue weighted by atomic mass is 10.2. The molecule has 0 aromatic heterocycles. The molecule has 4 heteroatoms. The smallest absolute Gasteiger partial charge is 0.133 e. The Bertz CT molecular complexity index is 354. The average Bonchev–Trinajstić information content (AvgIpc) is 2.39. The summed E-state index contributed by atoms with van der Waals surface area (Å²) >= 11 is 3.52. The van der Waals surface area contributed by atoms with Crippen molar-refractivity contribution >= 4 is 15.9 Å². The molecule has 18 heavy (non-hydrogen) atoms. The summed E-state index contributed by atoms with van der Waals surface area (Å²) < 4.78 is 6.58. The van der Waals surface area contributed by atoms with Crippen molar-refractivity contribution in [3.8, 4) is 5.75 Å². The molecule has 0 unspecified atom stereocenters. The van der Waals surface area contributed by atoms with E-state index in [0.29, 0.717) is 0 Å². The molecular formula is C14H22BrNO2. The lowest BCUT2D eigenvalue weighted by Gasteiger charge is -2.14. The molecule has 1 aromatic carbocycles. The summed E-state index contributed by atoms with van der Waals surface area (Å²) in [5.41, 5.74) is 1.18. The van der Waals surface area contributed by atoms with Gasteiger partial charge in [0.25, 0.3) is 0 Å². The highest BCUT2D eigenvalue weighted by atomic mass is 79.9. The summed E-state index contributed by atoms with van der Waals surface area (Å²) in [6.07, 6.45) is 1.93. The quantitative estimate of drug-likeness (QED) is 0.774. The molecule has 2 N–H and O–H groups in total. The predicted molar refractivity (Wildman–Crippen MR) is 77.9 cm³/mol. The van der Waals surface area contributed by atoms with Crippen molar-refractivity contribution in [3.05, 3.63) is 28.2 Å². The van der Waals surface area contributed by atoms with Gasteiger partial charge in [0.1, 0.15) is 5.75 Å². The zero-order valence-corrected chi connectivity index (χ0v) is 12.7. The van der Waals surface area contributed by atoms with E-state index in [2.05, 4.69) is 41.2 Å². The van der Waals surface area contributed by atoms with Crippen LogP contribution in [0.5, 0.6) is 5.75 Å². The Balaban J connectivity index is 2.55. The van der Waals surface area contributed by atoms with Crippen LogP contribution in [-0.2, 0) is 6.54 Å². The van der Waals surface area contributed by atoms with Crippen LogP contribution >= 0.6 is 15.9 Å². The van der Waals surface area contributed by atoms with Crippen LogP contribution in [0.15, 0.2) is 22.7 Å². The van der Waals surface area contributed by atoms with E-state index in [-0.39, 0.29) is 12.6 Å². The van der Waals surface area contributed by atoms with Crippen LogP contribution in [0.3, 0.4) is 0 Å². The highest BCUT2D eigenvalue weighted by Crippen LogP contribution is 2.26. The summed E-state index contributed by atoms with van der Waals surface area (Å²) in [6.45, 7) is 5.82. The number of benzene rings is 1. The summed E-state index contributed by atoms with van der Waals surface area (Å²) in [5.74, 6) is 0.884. The lowest BCUT2D eigenvalue weighted by molar-refractivity contribution is 0.238. The fourth-order valence-corrected chi connectivity index (χ4v) is 2.12. The van der Waals surface area contributed by atoms with Gasteiger partial charge in [0.15, 0.2) is 0 Å². The number of aliphatic hydroxyl groups is 1. The van der Waals surface area contributed by atoms with E-state index in [0.717, 1.165) is 36.2 Å². The van der Waals surface area contributed by atoms with Gasteiger partial charge >= 0.3 is 0 Å². The Morgan fingerprint density at radius 2 is 2.17 bits per heavy atom. The van der Waals surface area contributed by atoms with Crippen LogP contribution in [-0.4, -0.2) is 24.4 Å². The number of rotatable bonds is 8. The topological polar surface area (TPSA) is 41.5 Å². The van der Waals surface area contributed by atoms with Crippen LogP contribution in [0.25, 0.3) is 0 Å². The molecule has 0 radical (unpaired) electrons. The fourth-order valence-electron chi connectivity index (χ4n) is 1.58. The van der Waals surface area contributed by atoms with Gasteiger partial charge in [0.05, 0.1) is 17.7 Å². The maximum atomic E-state index is 9.11. The Kier molecular flexibility index (Phi) is 7.32. The number of aliphatic hydroxyl groups excluding tert-OH is 1. The zero-order chi connectivity index (χ0) is 13.4. The molecule has 0 aliphatic carbocycles. The third-order valence-corrected chi connectivity index (χ3v) is 3.39. The van der Waals surface area contributed by atoms with Gasteiger partial charge in [-0.2, -0.15) is 0 Å². The van der Waals surface area contributed by atoms with Crippen molar-refractivity contribution in [2.45, 2.75) is 39.3 Å². The zero-order valence-electron chi connectivity index (χ0n) is 11.1. The largest absolute Gasteiger partial charge is 0.492 e. The Hall–Kier alpha value is -0.580. The minimum Gasteiger partial charge on any atom is -0.492 e. The normalized spacial score (nSPS) is 12.4. The molecule has 1 aromatic rings. The molecule has 0 saturated carbocycles. The van der Waals surface area contributed by atoms with Crippen molar-refractivity contribution in [3.63, 3.8) is 0 Å². The van der Waals surface area contributed by atoms with Gasteiger partial charge in [-0.15, -0.1) is 0 Å². The van der Waals surface area contributed by atoms with Crippen LogP contribution in [0.2, 0.25) is 0 Å². The van der Waals surface area contributed by atoms with Gasteiger partial charge in [0, 0.05) is 12.6 Å². The summed E-state index contributed by atoms with van der Waals surface area (Å²) in [4.78, 5) is 0. The first-order valence-corrected chi connectivity index (χ1v) is 7.26. The monoisotopic (exact) mass is 315 g/mol. The molecule has 1 atom stereocenters. The fraction of sp³-hybridized carbons (Fsp3) is 0.571. The van der Waals surface area contributed by atoms with Crippen molar-refractivity contribution in [1.82, 2.24) is 5.32 Å². The van der Waals surface area contributed by atoms with Crippen molar-refractivity contribution in [2.24, 2.45) is 0 Å². The van der Waals surface area contributed by atoms with Gasteiger partial charge in [-0.3, -0.25) is 0 Å². The third-order valence-electron chi connectivity index (χ3n) is 2.77. The molecule has 0 heterocycles. The number of hydrogen-bond acceptors (Lipinski definition) is 3. The SMILES string of the molecule is CCCOc1ccc(CN[C@H](CC)CO)cc1Br. The summed E-state index contributed by atoms with van der Waals surface area (Å²) in [7, 11) is 0. The molecule has 102 valence electrons. The third kappa shape index (κ3) is 4.96. The minimum absolute atomic E-state index is 0.166. The predicted octanol–water partition coefficient (Wildman–Crippen LogP) is 3.10. The van der Waals surface area contributed by atoms with E-state index >= 15 is 0 Å². The second-order valence-corrected chi connectivity index (χ2v) is 5.14. The van der Waals surface area contributed by atoms with Crippen LogP contribution in [0.4, 0.5) is 0 Å². The molecule has 3 nitrogen and oxygen atoms in total. The minimum atomic E-state index is 0.166. The molecule has 0 aliphatic rings. The highest BCUT2D eigenvalue weighted by Gasteiger charge is 2.05.